The number of fused-ring (bicyclic) bond motifs is 1. The molecule has 0 bridgehead atoms. The van der Waals surface area contributed by atoms with Gasteiger partial charge in [0.15, 0.2) is 0 Å². The number of benzene rings is 4. The molecule has 4 aromatic carbocycles. The molecule has 394 valence electrons. The summed E-state index contributed by atoms with van der Waals surface area (Å²) < 4.78 is 69.2. The molecule has 1 aromatic heterocycles. The lowest BCUT2D eigenvalue weighted by Gasteiger charge is -2.31. The van der Waals surface area contributed by atoms with Crippen LogP contribution in [0, 0.1) is 0 Å². The number of ether oxygens (including phenoxy) is 1. The summed E-state index contributed by atoms with van der Waals surface area (Å²) in [5, 5.41) is 44.8. The molecule has 23 heteroatoms. The summed E-state index contributed by atoms with van der Waals surface area (Å²) in [5.41, 5.74) is 5.03. The summed E-state index contributed by atoms with van der Waals surface area (Å²) in [6.07, 6.45) is -7.34. The van der Waals surface area contributed by atoms with Gasteiger partial charge in [0.25, 0.3) is 0 Å². The summed E-state index contributed by atoms with van der Waals surface area (Å²) >= 11 is 0. The number of carboxylic acids is 2. The average molecular weight is 1030 g/mol. The highest BCUT2D eigenvalue weighted by atomic mass is 19.4. The number of likely N-dealkylation sites (tertiary alicyclic amines) is 1. The minimum Gasteiger partial charge on any atom is -0.506 e. The number of para-hydroxylation sites is 1. The second-order valence-corrected chi connectivity index (χ2v) is 16.6. The fourth-order valence-electron chi connectivity index (χ4n) is 7.32. The van der Waals surface area contributed by atoms with Gasteiger partial charge in [0.05, 0.1) is 17.3 Å². The number of aliphatic hydroxyl groups is 1. The van der Waals surface area contributed by atoms with Crippen molar-refractivity contribution in [2.45, 2.75) is 69.5 Å². The minimum absolute atomic E-state index is 0.0477. The third-order valence-corrected chi connectivity index (χ3v) is 11.2. The second kappa shape index (κ2) is 27.9. The first-order valence-electron chi connectivity index (χ1n) is 22.8. The predicted octanol–water partition coefficient (Wildman–Crippen LogP) is 7.70. The normalized spacial score (nSPS) is 13.3. The summed E-state index contributed by atoms with van der Waals surface area (Å²) in [4.78, 5) is 74.2. The first kappa shape index (κ1) is 58.1. The number of hydrogen-bond donors (Lipinski definition) is 8. The molecular formula is C50H56F6N6O11. The Labute approximate surface area is 414 Å². The molecular weight excluding hydrogens is 975 g/mol. The van der Waals surface area contributed by atoms with Gasteiger partial charge in [0.2, 0.25) is 17.4 Å². The van der Waals surface area contributed by atoms with Crippen LogP contribution in [-0.2, 0) is 30.3 Å². The molecule has 0 spiro atoms. The van der Waals surface area contributed by atoms with E-state index in [1.165, 1.54) is 12.1 Å². The second-order valence-electron chi connectivity index (χ2n) is 16.6. The van der Waals surface area contributed by atoms with Gasteiger partial charge in [-0.05, 0) is 85.7 Å². The van der Waals surface area contributed by atoms with Crippen molar-refractivity contribution in [2.75, 3.05) is 56.9 Å². The number of nitrogens with zero attached hydrogens (tertiary/aromatic N) is 2. The Kier molecular flexibility index (Phi) is 22.2. The zero-order valence-electron chi connectivity index (χ0n) is 39.5. The number of hydrogen-bond acceptors (Lipinski definition) is 11. The molecule has 17 nitrogen and oxygen atoms in total. The zero-order chi connectivity index (χ0) is 53.7. The lowest BCUT2D eigenvalue weighted by atomic mass is 10.0. The van der Waals surface area contributed by atoms with E-state index in [1.54, 1.807) is 24.1 Å². The Balaban J connectivity index is 0.000000722. The number of phenolic OH excluding ortho intramolecular Hbond substituents is 1. The highest BCUT2D eigenvalue weighted by molar-refractivity contribution is 5.92. The number of anilines is 2. The minimum atomic E-state index is -5.08. The smallest absolute Gasteiger partial charge is 0.490 e. The van der Waals surface area contributed by atoms with Crippen LogP contribution in [0.5, 0.6) is 5.75 Å². The van der Waals surface area contributed by atoms with E-state index in [1.807, 2.05) is 78.9 Å². The van der Waals surface area contributed by atoms with Crippen LogP contribution in [0.2, 0.25) is 0 Å². The molecule has 1 fully saturated rings. The number of rotatable bonds is 18. The number of H-pyrrole nitrogens is 1. The molecule has 0 aliphatic carbocycles. The summed E-state index contributed by atoms with van der Waals surface area (Å²) in [5.74, 6) is -5.57. The van der Waals surface area contributed by atoms with Crippen LogP contribution in [0.25, 0.3) is 22.0 Å². The first-order valence-corrected chi connectivity index (χ1v) is 22.8. The van der Waals surface area contributed by atoms with Crippen LogP contribution in [0.1, 0.15) is 55.8 Å². The van der Waals surface area contributed by atoms with Gasteiger partial charge in [-0.15, -0.1) is 0 Å². The third-order valence-electron chi connectivity index (χ3n) is 11.2. The van der Waals surface area contributed by atoms with Crippen molar-refractivity contribution in [3.63, 3.8) is 0 Å². The largest absolute Gasteiger partial charge is 0.506 e. The van der Waals surface area contributed by atoms with Crippen molar-refractivity contribution in [3.05, 3.63) is 125 Å². The zero-order valence-corrected chi connectivity index (χ0v) is 39.5. The fourth-order valence-corrected chi connectivity index (χ4v) is 7.32. The van der Waals surface area contributed by atoms with Crippen LogP contribution in [0.15, 0.2) is 108 Å². The standard InChI is InChI=1S/C46H54N6O7.2C2HF3O2/c1-51(44(57)25-30-52-28-23-35(24-29-52)59-46(58)49-39-12-6-5-11-36(39)33-9-3-2-4-10-33)27-8-7-13-42(55)48-34-16-14-32(15-17-34)22-26-47-31-41(54)37-18-20-40(53)45-38(37)19-21-43(56)50-45;2*3-2(4,5)1(6)7/h2-6,9-12,14-21,35,41,47,53-54H,7-8,13,22-31H2,1H3,(H,48,55)(H,49,58)(H,50,56);2*(H,6,7)/t41-;;/m0../s1. The topological polar surface area (TPSA) is 251 Å². The van der Waals surface area contributed by atoms with E-state index in [0.29, 0.717) is 80.4 Å². The molecule has 1 saturated heterocycles. The number of piperidine rings is 1. The third kappa shape index (κ3) is 19.9. The van der Waals surface area contributed by atoms with Crippen LogP contribution in [0.3, 0.4) is 0 Å². The Morgan fingerprint density at radius 1 is 0.795 bits per heavy atom. The van der Waals surface area contributed by atoms with E-state index in [9.17, 15) is 55.7 Å². The predicted molar refractivity (Wildman–Crippen MR) is 258 cm³/mol. The Morgan fingerprint density at radius 2 is 1.41 bits per heavy atom. The molecule has 1 aliphatic rings. The molecule has 1 atom stereocenters. The van der Waals surface area contributed by atoms with E-state index in [-0.39, 0.29) is 29.2 Å². The Hall–Kier alpha value is -7.50. The lowest BCUT2D eigenvalue weighted by molar-refractivity contribution is -0.193. The summed E-state index contributed by atoms with van der Waals surface area (Å²) in [6.45, 7) is 3.65. The number of halogens is 6. The number of pyridine rings is 1. The molecule has 0 saturated carbocycles. The maximum Gasteiger partial charge on any atom is 0.490 e. The molecule has 0 unspecified atom stereocenters. The number of aromatic amines is 1. The van der Waals surface area contributed by atoms with Crippen molar-refractivity contribution in [3.8, 4) is 16.9 Å². The van der Waals surface area contributed by atoms with E-state index in [2.05, 4.69) is 25.8 Å². The first-order chi connectivity index (χ1) is 34.5. The van der Waals surface area contributed by atoms with Gasteiger partial charge >= 0.3 is 30.4 Å². The number of aromatic hydroxyl groups is 1. The van der Waals surface area contributed by atoms with E-state index in [4.69, 9.17) is 24.5 Å². The van der Waals surface area contributed by atoms with Gasteiger partial charge in [-0.2, -0.15) is 26.3 Å². The van der Waals surface area contributed by atoms with Crippen LogP contribution in [-0.4, -0.2) is 130 Å². The van der Waals surface area contributed by atoms with Crippen LogP contribution >= 0.6 is 0 Å². The lowest BCUT2D eigenvalue weighted by Crippen LogP contribution is -2.40. The molecule has 1 aliphatic heterocycles. The molecule has 5 aromatic rings. The average Bonchev–Trinajstić information content (AvgIpc) is 3.34. The number of aliphatic carboxylic acids is 2. The molecule has 3 amide bonds. The van der Waals surface area contributed by atoms with Gasteiger partial charge in [0, 0.05) is 75.3 Å². The number of phenols is 1. The van der Waals surface area contributed by atoms with Crippen molar-refractivity contribution >= 4 is 52.1 Å². The van der Waals surface area contributed by atoms with Crippen LogP contribution < -0.4 is 21.5 Å². The maximum atomic E-state index is 12.8. The highest BCUT2D eigenvalue weighted by Crippen LogP contribution is 2.30. The van der Waals surface area contributed by atoms with Gasteiger partial charge < -0.3 is 50.6 Å². The highest BCUT2D eigenvalue weighted by Gasteiger charge is 2.39. The number of carboxylic acid groups (broad SMARTS) is 2. The molecule has 2 heterocycles. The number of amides is 3. The van der Waals surface area contributed by atoms with Crippen molar-refractivity contribution in [1.82, 2.24) is 20.1 Å². The Bertz CT molecular complexity index is 2640. The van der Waals surface area contributed by atoms with Gasteiger partial charge in [-0.1, -0.05) is 66.7 Å². The molecule has 73 heavy (non-hydrogen) atoms. The van der Waals surface area contributed by atoms with Gasteiger partial charge in [-0.25, -0.2) is 14.4 Å². The SMILES string of the molecule is CN(CCCCC(=O)Nc1ccc(CCNC[C@H](O)c2ccc(O)c3[nH]c(=O)ccc23)cc1)C(=O)CCN1CCC(OC(=O)Nc2ccccc2-c2ccccc2)CC1.O=C(O)C(F)(F)F.O=C(O)C(F)(F)F. The number of carbonyl (C=O) groups excluding carboxylic acids is 3. The monoisotopic (exact) mass is 1030 g/mol. The molecule has 8 N–H and O–H groups in total. The van der Waals surface area contributed by atoms with Gasteiger partial charge in [-0.3, -0.25) is 19.7 Å². The number of aliphatic hydroxyl groups excluding tert-OH is 1. The van der Waals surface area contributed by atoms with Crippen molar-refractivity contribution in [1.29, 1.82) is 0 Å². The molecule has 0 radical (unpaired) electrons. The van der Waals surface area contributed by atoms with E-state index < -0.39 is 36.5 Å². The van der Waals surface area contributed by atoms with E-state index >= 15 is 0 Å². The summed E-state index contributed by atoms with van der Waals surface area (Å²) in [7, 11) is 1.80. The number of alkyl halides is 6. The number of carbonyl (C=O) groups is 5. The Morgan fingerprint density at radius 3 is 2.04 bits per heavy atom. The van der Waals surface area contributed by atoms with Crippen molar-refractivity contribution < 1.29 is 75.5 Å². The number of nitrogens with one attached hydrogen (secondary N) is 4. The number of unbranched alkanes of at least 4 members (excludes halogenated alkanes) is 1. The van der Waals surface area contributed by atoms with Crippen molar-refractivity contribution in [2.24, 2.45) is 0 Å². The quantitative estimate of drug-likeness (QED) is 0.0310. The van der Waals surface area contributed by atoms with Gasteiger partial charge in [0.1, 0.15) is 11.9 Å². The number of aromatic nitrogens is 1. The molecule has 6 rings (SSSR count). The van der Waals surface area contributed by atoms with Crippen LogP contribution in [0.4, 0.5) is 42.5 Å². The summed E-state index contributed by atoms with van der Waals surface area (Å²) in [6, 6.07) is 31.3. The fraction of sp³-hybridized carbons (Fsp3) is 0.360. The maximum absolute atomic E-state index is 12.8. The van der Waals surface area contributed by atoms with E-state index in [0.717, 1.165) is 48.3 Å².